The fraction of sp³-hybridized carbons (Fsp3) is 1.00. The number of hydrogen-bond donors (Lipinski definition) is 0. The van der Waals surface area contributed by atoms with Crippen LogP contribution in [0.5, 0.6) is 0 Å². The molecular formula is C20H40Cl4Rh2-4. The van der Waals surface area contributed by atoms with Crippen molar-refractivity contribution in [3.63, 3.8) is 0 Å². The van der Waals surface area contributed by atoms with Crippen molar-refractivity contribution in [2.45, 2.75) is 69.2 Å². The van der Waals surface area contributed by atoms with Crippen LogP contribution in [0.3, 0.4) is 0 Å². The van der Waals surface area contributed by atoms with Gasteiger partial charge in [-0.1, -0.05) is 69.2 Å². The molecule has 0 heterocycles. The predicted octanol–water partition coefficient (Wildman–Crippen LogP) is -5.63. The molecule has 0 aromatic carbocycles. The average molecular weight is 628 g/mol. The van der Waals surface area contributed by atoms with Crippen LogP contribution in [-0.2, 0) is 39.0 Å². The quantitative estimate of drug-likeness (QED) is 0.235. The molecule has 170 valence electrons. The molecule has 2 aliphatic rings. The van der Waals surface area contributed by atoms with Gasteiger partial charge in [0.1, 0.15) is 0 Å². The van der Waals surface area contributed by atoms with Gasteiger partial charge in [0.2, 0.25) is 0 Å². The van der Waals surface area contributed by atoms with Gasteiger partial charge in [-0.05, 0) is 59.2 Å². The Morgan fingerprint density at radius 2 is 0.269 bits per heavy atom. The van der Waals surface area contributed by atoms with E-state index < -0.39 is 0 Å². The van der Waals surface area contributed by atoms with Crippen molar-refractivity contribution < 1.29 is 88.6 Å². The second kappa shape index (κ2) is 18.2. The van der Waals surface area contributed by atoms with Crippen LogP contribution in [0.2, 0.25) is 0 Å². The van der Waals surface area contributed by atoms with Crippen molar-refractivity contribution in [2.24, 2.45) is 59.2 Å². The molecule has 0 atom stereocenters. The maximum absolute atomic E-state index is 2.40. The van der Waals surface area contributed by atoms with E-state index in [-0.39, 0.29) is 88.6 Å². The third-order valence-corrected chi connectivity index (χ3v) is 8.29. The summed E-state index contributed by atoms with van der Waals surface area (Å²) in [6, 6.07) is 0. The number of hydrogen-bond acceptors (Lipinski definition) is 0. The molecule has 0 unspecified atom stereocenters. The minimum absolute atomic E-state index is 0. The first-order valence-corrected chi connectivity index (χ1v) is 9.11. The fourth-order valence-electron chi connectivity index (χ4n) is 4.79. The summed E-state index contributed by atoms with van der Waals surface area (Å²) in [7, 11) is 0. The van der Waals surface area contributed by atoms with E-state index in [4.69, 9.17) is 0 Å². The Labute approximate surface area is 215 Å². The summed E-state index contributed by atoms with van der Waals surface area (Å²) >= 11 is 0. The Bertz CT molecular complexity index is 201. The van der Waals surface area contributed by atoms with Crippen LogP contribution in [0.25, 0.3) is 0 Å². The third kappa shape index (κ3) is 9.48. The summed E-state index contributed by atoms with van der Waals surface area (Å²) in [6.45, 7) is 24.0. The first kappa shape index (κ1) is 42.5. The van der Waals surface area contributed by atoms with Crippen molar-refractivity contribution in [1.82, 2.24) is 0 Å². The molecule has 0 spiro atoms. The zero-order valence-electron chi connectivity index (χ0n) is 18.0. The molecule has 0 saturated heterocycles. The summed E-state index contributed by atoms with van der Waals surface area (Å²) in [5, 5.41) is 0. The molecule has 26 heavy (non-hydrogen) atoms. The molecule has 0 amide bonds. The van der Waals surface area contributed by atoms with Crippen molar-refractivity contribution >= 4 is 0 Å². The van der Waals surface area contributed by atoms with Gasteiger partial charge in [-0.15, -0.1) is 0 Å². The van der Waals surface area contributed by atoms with Gasteiger partial charge in [0.25, 0.3) is 0 Å². The molecule has 2 saturated carbocycles. The number of halogens is 4. The second-order valence-electron chi connectivity index (χ2n) is 8.59. The van der Waals surface area contributed by atoms with Crippen molar-refractivity contribution in [3.05, 3.63) is 0 Å². The Kier molecular flexibility index (Phi) is 29.7. The molecule has 0 aromatic heterocycles. The van der Waals surface area contributed by atoms with Crippen molar-refractivity contribution in [1.29, 1.82) is 0 Å². The smallest absolute Gasteiger partial charge is 0 e. The molecule has 2 rings (SSSR count). The topological polar surface area (TPSA) is 0 Å². The van der Waals surface area contributed by atoms with Crippen LogP contribution >= 0.6 is 0 Å². The molecule has 2 fully saturated rings. The van der Waals surface area contributed by atoms with Gasteiger partial charge in [-0.3, -0.25) is 0 Å². The monoisotopic (exact) mass is 626 g/mol. The van der Waals surface area contributed by atoms with Crippen LogP contribution in [0.4, 0.5) is 0 Å². The summed E-state index contributed by atoms with van der Waals surface area (Å²) < 4.78 is 0. The van der Waals surface area contributed by atoms with Crippen LogP contribution in [0.1, 0.15) is 69.2 Å². The van der Waals surface area contributed by atoms with Crippen LogP contribution in [0, 0.1) is 59.2 Å². The van der Waals surface area contributed by atoms with E-state index in [0.29, 0.717) is 0 Å². The minimum atomic E-state index is 0. The van der Waals surface area contributed by atoms with Crippen LogP contribution < -0.4 is 49.6 Å². The zero-order valence-corrected chi connectivity index (χ0v) is 24.3. The maximum atomic E-state index is 2.40. The molecule has 0 nitrogen and oxygen atoms in total. The zero-order chi connectivity index (χ0) is 15.8. The van der Waals surface area contributed by atoms with Gasteiger partial charge >= 0.3 is 0 Å². The fourth-order valence-corrected chi connectivity index (χ4v) is 4.79. The van der Waals surface area contributed by atoms with Gasteiger partial charge in [0, 0.05) is 39.0 Å². The molecule has 2 radical (unpaired) electrons. The summed E-state index contributed by atoms with van der Waals surface area (Å²) in [4.78, 5) is 0. The average Bonchev–Trinajstić information content (AvgIpc) is 2.71. The van der Waals surface area contributed by atoms with E-state index in [9.17, 15) is 0 Å². The van der Waals surface area contributed by atoms with Gasteiger partial charge in [0.15, 0.2) is 0 Å². The van der Waals surface area contributed by atoms with Gasteiger partial charge in [0.05, 0.1) is 0 Å². The molecular weight excluding hydrogens is 588 g/mol. The largest absolute Gasteiger partial charge is 1.00 e. The van der Waals surface area contributed by atoms with E-state index >= 15 is 0 Å². The Morgan fingerprint density at radius 3 is 0.308 bits per heavy atom. The molecule has 0 bridgehead atoms. The molecule has 6 heteroatoms. The SMILES string of the molecule is CC1C(C)C(C)C(C)C1C.CC1C(C)C(C)C(C)C1C.[Cl-].[Cl-].[Cl-].[Cl-].[Rh].[Rh]. The minimum Gasteiger partial charge on any atom is -1.00 e. The van der Waals surface area contributed by atoms with Crippen LogP contribution in [-0.4, -0.2) is 0 Å². The first-order valence-electron chi connectivity index (χ1n) is 9.11. The number of rotatable bonds is 0. The van der Waals surface area contributed by atoms with Gasteiger partial charge in [-0.2, -0.15) is 0 Å². The van der Waals surface area contributed by atoms with E-state index in [2.05, 4.69) is 69.2 Å². The molecule has 0 N–H and O–H groups in total. The first-order chi connectivity index (χ1) is 9.11. The van der Waals surface area contributed by atoms with Crippen LogP contribution in [0.15, 0.2) is 0 Å². The van der Waals surface area contributed by atoms with Crippen molar-refractivity contribution in [2.75, 3.05) is 0 Å². The van der Waals surface area contributed by atoms with E-state index in [1.807, 2.05) is 0 Å². The summed E-state index contributed by atoms with van der Waals surface area (Å²) in [5.74, 6) is 9.35. The third-order valence-electron chi connectivity index (χ3n) is 8.29. The van der Waals surface area contributed by atoms with E-state index in [1.54, 1.807) is 0 Å². The van der Waals surface area contributed by atoms with E-state index in [1.165, 1.54) is 0 Å². The standard InChI is InChI=1S/2C10H20.4ClH.2Rh/c2*1-6-7(2)9(4)10(5)8(6)3;;;;;;/h2*6-10H,1-5H3;4*1H;;/p-4. The van der Waals surface area contributed by atoms with Gasteiger partial charge in [-0.25, -0.2) is 0 Å². The molecule has 0 aromatic rings. The van der Waals surface area contributed by atoms with E-state index in [0.717, 1.165) is 59.2 Å². The van der Waals surface area contributed by atoms with Gasteiger partial charge < -0.3 is 49.6 Å². The molecule has 2 aliphatic carbocycles. The Balaban J connectivity index is -0.0000000625. The predicted molar refractivity (Wildman–Crippen MR) is 91.6 cm³/mol. The summed E-state index contributed by atoms with van der Waals surface area (Å²) in [5.41, 5.74) is 0. The molecule has 0 aliphatic heterocycles. The van der Waals surface area contributed by atoms with Crippen molar-refractivity contribution in [3.8, 4) is 0 Å². The normalized spacial score (nSPS) is 42.7. The summed E-state index contributed by atoms with van der Waals surface area (Å²) in [6.07, 6.45) is 0. The Hall–Kier alpha value is 2.41. The maximum Gasteiger partial charge on any atom is 0 e. The second-order valence-corrected chi connectivity index (χ2v) is 8.59. The Morgan fingerprint density at radius 1 is 0.231 bits per heavy atom.